The van der Waals surface area contributed by atoms with E-state index in [0.717, 1.165) is 12.0 Å². The molecular formula is C21H20ClNO6. The van der Waals surface area contributed by atoms with Crippen molar-refractivity contribution in [3.63, 3.8) is 0 Å². The number of methoxy groups -OCH3 is 1. The zero-order valence-electron chi connectivity index (χ0n) is 15.8. The van der Waals surface area contributed by atoms with E-state index in [-0.39, 0.29) is 0 Å². The number of halogens is 1. The van der Waals surface area contributed by atoms with Gasteiger partial charge in [0, 0.05) is 18.2 Å². The van der Waals surface area contributed by atoms with E-state index in [1.165, 1.54) is 13.2 Å². The average molecular weight is 418 g/mol. The molecule has 2 aromatic carbocycles. The summed E-state index contributed by atoms with van der Waals surface area (Å²) in [6.07, 6.45) is 3.64. The van der Waals surface area contributed by atoms with Gasteiger partial charge in [-0.1, -0.05) is 17.7 Å². The highest BCUT2D eigenvalue weighted by Gasteiger charge is 2.11. The summed E-state index contributed by atoms with van der Waals surface area (Å²) >= 11 is 6.01. The van der Waals surface area contributed by atoms with E-state index in [4.69, 9.17) is 30.5 Å². The number of carbonyl (C=O) groups is 2. The molecule has 29 heavy (non-hydrogen) atoms. The highest BCUT2D eigenvalue weighted by molar-refractivity contribution is 6.32. The first kappa shape index (κ1) is 20.5. The SMILES string of the molecule is COc1ccc(NC(=O)COC(=O)/C=C/c2ccc3c(c2)OCCCO3)cc1Cl. The van der Waals surface area contributed by atoms with Crippen molar-refractivity contribution in [3.05, 3.63) is 53.1 Å². The van der Waals surface area contributed by atoms with E-state index in [2.05, 4.69) is 5.32 Å². The van der Waals surface area contributed by atoms with Crippen LogP contribution in [0.1, 0.15) is 12.0 Å². The smallest absolute Gasteiger partial charge is 0.331 e. The molecule has 1 amide bonds. The number of amides is 1. The molecule has 152 valence electrons. The normalized spacial score (nSPS) is 12.9. The lowest BCUT2D eigenvalue weighted by Crippen LogP contribution is -2.20. The molecule has 0 aromatic heterocycles. The van der Waals surface area contributed by atoms with Gasteiger partial charge in [0.05, 0.1) is 25.3 Å². The van der Waals surface area contributed by atoms with Gasteiger partial charge in [-0.15, -0.1) is 0 Å². The van der Waals surface area contributed by atoms with Crippen molar-refractivity contribution in [2.24, 2.45) is 0 Å². The van der Waals surface area contributed by atoms with Crippen LogP contribution in [0.5, 0.6) is 17.2 Å². The molecular weight excluding hydrogens is 398 g/mol. The molecule has 0 spiro atoms. The van der Waals surface area contributed by atoms with Crippen LogP contribution in [0.2, 0.25) is 5.02 Å². The summed E-state index contributed by atoms with van der Waals surface area (Å²) in [7, 11) is 1.50. The molecule has 1 N–H and O–H groups in total. The fourth-order valence-corrected chi connectivity index (χ4v) is 2.83. The minimum Gasteiger partial charge on any atom is -0.495 e. The number of fused-ring (bicyclic) bond motifs is 1. The van der Waals surface area contributed by atoms with Gasteiger partial charge in [-0.25, -0.2) is 4.79 Å². The maximum Gasteiger partial charge on any atom is 0.331 e. The van der Waals surface area contributed by atoms with E-state index < -0.39 is 18.5 Å². The quantitative estimate of drug-likeness (QED) is 0.570. The highest BCUT2D eigenvalue weighted by Crippen LogP contribution is 2.31. The predicted molar refractivity (Wildman–Crippen MR) is 109 cm³/mol. The Kier molecular flexibility index (Phi) is 6.97. The van der Waals surface area contributed by atoms with E-state index in [1.807, 2.05) is 0 Å². The van der Waals surface area contributed by atoms with Gasteiger partial charge in [0.1, 0.15) is 5.75 Å². The molecule has 7 nitrogen and oxygen atoms in total. The Labute approximate surface area is 173 Å². The number of esters is 1. The number of nitrogens with one attached hydrogen (secondary N) is 1. The average Bonchev–Trinajstić information content (AvgIpc) is 2.96. The molecule has 0 saturated carbocycles. The van der Waals surface area contributed by atoms with Crippen molar-refractivity contribution in [1.82, 2.24) is 0 Å². The van der Waals surface area contributed by atoms with Gasteiger partial charge >= 0.3 is 5.97 Å². The first-order chi connectivity index (χ1) is 14.0. The Morgan fingerprint density at radius 2 is 1.93 bits per heavy atom. The second-order valence-electron chi connectivity index (χ2n) is 6.10. The molecule has 0 atom stereocenters. The van der Waals surface area contributed by atoms with E-state index in [0.29, 0.717) is 41.2 Å². The summed E-state index contributed by atoms with van der Waals surface area (Å²) in [5.74, 6) is 0.688. The zero-order valence-corrected chi connectivity index (χ0v) is 16.5. The largest absolute Gasteiger partial charge is 0.495 e. The molecule has 0 unspecified atom stereocenters. The summed E-state index contributed by atoms with van der Waals surface area (Å²) in [4.78, 5) is 23.8. The number of hydrogen-bond acceptors (Lipinski definition) is 6. The number of benzene rings is 2. The number of ether oxygens (including phenoxy) is 4. The van der Waals surface area contributed by atoms with E-state index in [9.17, 15) is 9.59 Å². The maximum absolute atomic E-state index is 11.9. The van der Waals surface area contributed by atoms with Gasteiger partial charge in [-0.2, -0.15) is 0 Å². The fourth-order valence-electron chi connectivity index (χ4n) is 2.57. The Balaban J connectivity index is 1.50. The molecule has 8 heteroatoms. The summed E-state index contributed by atoms with van der Waals surface area (Å²) in [6, 6.07) is 10.2. The summed E-state index contributed by atoms with van der Waals surface area (Å²) in [6.45, 7) is 0.768. The van der Waals surface area contributed by atoms with Crippen LogP contribution >= 0.6 is 11.6 Å². The summed E-state index contributed by atoms with van der Waals surface area (Å²) < 4.78 is 21.2. The molecule has 1 aliphatic rings. The van der Waals surface area contributed by atoms with Crippen LogP contribution in [0, 0.1) is 0 Å². The first-order valence-corrected chi connectivity index (χ1v) is 9.31. The van der Waals surface area contributed by atoms with Crippen molar-refractivity contribution in [2.75, 3.05) is 32.2 Å². The van der Waals surface area contributed by atoms with Crippen molar-refractivity contribution in [3.8, 4) is 17.2 Å². The van der Waals surface area contributed by atoms with Crippen LogP contribution < -0.4 is 19.5 Å². The lowest BCUT2D eigenvalue weighted by atomic mass is 10.2. The fraction of sp³-hybridized carbons (Fsp3) is 0.238. The van der Waals surface area contributed by atoms with Gasteiger partial charge in [0.25, 0.3) is 5.91 Å². The topological polar surface area (TPSA) is 83.1 Å². The molecule has 0 radical (unpaired) electrons. The Morgan fingerprint density at radius 3 is 2.69 bits per heavy atom. The predicted octanol–water partition coefficient (Wildman–Crippen LogP) is 3.71. The minimum absolute atomic E-state index is 0.361. The van der Waals surface area contributed by atoms with Crippen LogP contribution in [0.25, 0.3) is 6.08 Å². The number of rotatable bonds is 6. The van der Waals surface area contributed by atoms with Crippen molar-refractivity contribution < 1.29 is 28.5 Å². The van der Waals surface area contributed by atoms with Crippen LogP contribution in [-0.2, 0) is 14.3 Å². The molecule has 1 aliphatic heterocycles. The van der Waals surface area contributed by atoms with Gasteiger partial charge in [-0.3, -0.25) is 4.79 Å². The number of anilines is 1. The molecule has 0 saturated heterocycles. The summed E-state index contributed by atoms with van der Waals surface area (Å²) in [5.41, 5.74) is 1.23. The second kappa shape index (κ2) is 9.84. The monoisotopic (exact) mass is 417 g/mol. The van der Waals surface area contributed by atoms with E-state index >= 15 is 0 Å². The lowest BCUT2D eigenvalue weighted by molar-refractivity contribution is -0.142. The van der Waals surface area contributed by atoms with E-state index in [1.54, 1.807) is 42.5 Å². The van der Waals surface area contributed by atoms with Gasteiger partial charge < -0.3 is 24.3 Å². The van der Waals surface area contributed by atoms with Crippen molar-refractivity contribution in [1.29, 1.82) is 0 Å². The Bertz CT molecular complexity index is 927. The van der Waals surface area contributed by atoms with Crippen LogP contribution in [0.4, 0.5) is 5.69 Å². The first-order valence-electron chi connectivity index (χ1n) is 8.93. The Hall–Kier alpha value is -3.19. The molecule has 0 fully saturated rings. The summed E-state index contributed by atoms with van der Waals surface area (Å²) in [5, 5.41) is 2.95. The third-order valence-electron chi connectivity index (χ3n) is 3.96. The molecule has 1 heterocycles. The number of carbonyl (C=O) groups excluding carboxylic acids is 2. The van der Waals surface area contributed by atoms with Crippen molar-refractivity contribution in [2.45, 2.75) is 6.42 Å². The third kappa shape index (κ3) is 5.89. The van der Waals surface area contributed by atoms with Gasteiger partial charge in [0.15, 0.2) is 18.1 Å². The number of hydrogen-bond donors (Lipinski definition) is 1. The highest BCUT2D eigenvalue weighted by atomic mass is 35.5. The minimum atomic E-state index is -0.639. The molecule has 2 aromatic rings. The van der Waals surface area contributed by atoms with Crippen LogP contribution in [0.15, 0.2) is 42.5 Å². The third-order valence-corrected chi connectivity index (χ3v) is 4.26. The standard InChI is InChI=1S/C21H20ClNO6/c1-26-17-7-5-15(12-16(17)22)23-20(24)13-29-21(25)8-4-14-3-6-18-19(11-14)28-10-2-9-27-18/h3-8,11-12H,2,9-10,13H2,1H3,(H,23,24)/b8-4+. The van der Waals surface area contributed by atoms with Crippen molar-refractivity contribution >= 4 is 35.2 Å². The maximum atomic E-state index is 11.9. The lowest BCUT2D eigenvalue weighted by Gasteiger charge is -2.08. The molecule has 3 rings (SSSR count). The van der Waals surface area contributed by atoms with Crippen LogP contribution in [0.3, 0.4) is 0 Å². The second-order valence-corrected chi connectivity index (χ2v) is 6.50. The Morgan fingerprint density at radius 1 is 1.14 bits per heavy atom. The molecule has 0 aliphatic carbocycles. The zero-order chi connectivity index (χ0) is 20.6. The van der Waals surface area contributed by atoms with Crippen LogP contribution in [-0.4, -0.2) is 38.8 Å². The van der Waals surface area contributed by atoms with Gasteiger partial charge in [-0.05, 0) is 42.0 Å². The van der Waals surface area contributed by atoms with Gasteiger partial charge in [0.2, 0.25) is 0 Å². The molecule has 0 bridgehead atoms.